The lowest BCUT2D eigenvalue weighted by Crippen LogP contribution is -2.25. The lowest BCUT2D eigenvalue weighted by atomic mass is 10.1. The summed E-state index contributed by atoms with van der Waals surface area (Å²) in [6.07, 6.45) is -1.11. The molecule has 0 aliphatic carbocycles. The number of aliphatic hydroxyl groups is 2. The second-order valence-corrected chi connectivity index (χ2v) is 11.6. The SMILES string of the molecule is CCS(=O)(=O)c1ccc(C(Oc2ccc(Cl)cc2)C(=O)Nc2nc3cc(CO)c(CO)cc3s2)cc1. The maximum absolute atomic E-state index is 13.4. The Labute approximate surface area is 217 Å². The maximum Gasteiger partial charge on any atom is 0.271 e. The van der Waals surface area contributed by atoms with E-state index in [1.807, 2.05) is 0 Å². The van der Waals surface area contributed by atoms with Gasteiger partial charge < -0.3 is 14.9 Å². The molecular formula is C25H23ClN2O6S2. The Balaban J connectivity index is 1.65. The number of ether oxygens (including phenoxy) is 1. The Kier molecular flexibility index (Phi) is 7.91. The van der Waals surface area contributed by atoms with Gasteiger partial charge in [0.2, 0.25) is 6.10 Å². The number of carbonyl (C=O) groups excluding carboxylic acids is 1. The molecule has 0 spiro atoms. The topological polar surface area (TPSA) is 126 Å². The third kappa shape index (κ3) is 5.69. The summed E-state index contributed by atoms with van der Waals surface area (Å²) in [5.74, 6) is -0.153. The fourth-order valence-corrected chi connectivity index (χ4v) is 5.44. The van der Waals surface area contributed by atoms with Gasteiger partial charge in [-0.25, -0.2) is 13.4 Å². The van der Waals surface area contributed by atoms with Crippen molar-refractivity contribution in [2.24, 2.45) is 0 Å². The number of benzene rings is 3. The van der Waals surface area contributed by atoms with Gasteiger partial charge in [0.1, 0.15) is 5.75 Å². The van der Waals surface area contributed by atoms with Gasteiger partial charge in [-0.2, -0.15) is 0 Å². The first-order valence-electron chi connectivity index (χ1n) is 10.9. The predicted octanol–water partition coefficient (Wildman–Crippen LogP) is 4.49. The van der Waals surface area contributed by atoms with Crippen LogP contribution < -0.4 is 10.1 Å². The molecule has 0 saturated carbocycles. The minimum Gasteiger partial charge on any atom is -0.476 e. The molecule has 1 atom stereocenters. The van der Waals surface area contributed by atoms with E-state index in [0.717, 1.165) is 4.70 Å². The molecule has 1 amide bonds. The maximum atomic E-state index is 13.4. The van der Waals surface area contributed by atoms with E-state index in [4.69, 9.17) is 16.3 Å². The van der Waals surface area contributed by atoms with E-state index in [1.54, 1.807) is 55.5 Å². The van der Waals surface area contributed by atoms with Gasteiger partial charge in [0.05, 0.1) is 34.1 Å². The summed E-state index contributed by atoms with van der Waals surface area (Å²) in [5.41, 5.74) is 2.15. The van der Waals surface area contributed by atoms with Gasteiger partial charge in [-0.15, -0.1) is 0 Å². The van der Waals surface area contributed by atoms with E-state index in [0.29, 0.717) is 38.1 Å². The molecule has 36 heavy (non-hydrogen) atoms. The number of carbonyl (C=O) groups is 1. The molecule has 1 heterocycles. The standard InChI is InChI=1S/C25H23ClN2O6S2/c1-2-36(32,33)20-9-3-15(4-10-20)23(34-19-7-5-18(26)6-8-19)24(31)28-25-27-21-11-16(13-29)17(14-30)12-22(21)35-25/h3-12,23,29-30H,2,13-14H2,1H3,(H,27,28,31). The molecule has 3 aromatic carbocycles. The van der Waals surface area contributed by atoms with Gasteiger partial charge in [-0.1, -0.05) is 42.0 Å². The van der Waals surface area contributed by atoms with Crippen LogP contribution in [0, 0.1) is 0 Å². The molecule has 0 aliphatic rings. The average molecular weight is 547 g/mol. The number of sulfone groups is 1. The van der Waals surface area contributed by atoms with Crippen molar-refractivity contribution >= 4 is 54.0 Å². The molecule has 0 saturated heterocycles. The lowest BCUT2D eigenvalue weighted by molar-refractivity contribution is -0.123. The minimum atomic E-state index is -3.40. The molecule has 1 unspecified atom stereocenters. The number of aliphatic hydroxyl groups excluding tert-OH is 2. The summed E-state index contributed by atoms with van der Waals surface area (Å²) in [6, 6.07) is 15.9. The summed E-state index contributed by atoms with van der Waals surface area (Å²) in [4.78, 5) is 17.9. The van der Waals surface area contributed by atoms with E-state index in [9.17, 15) is 23.4 Å². The first kappa shape index (κ1) is 26.1. The Morgan fingerprint density at radius 1 is 1.06 bits per heavy atom. The van der Waals surface area contributed by atoms with E-state index in [1.165, 1.54) is 23.5 Å². The summed E-state index contributed by atoms with van der Waals surface area (Å²) in [6.45, 7) is 1.09. The van der Waals surface area contributed by atoms with Crippen LogP contribution in [0.15, 0.2) is 65.6 Å². The van der Waals surface area contributed by atoms with Crippen molar-refractivity contribution in [1.29, 1.82) is 0 Å². The van der Waals surface area contributed by atoms with Gasteiger partial charge in [0.25, 0.3) is 5.91 Å². The minimum absolute atomic E-state index is 0.0366. The number of rotatable bonds is 9. The third-order valence-corrected chi connectivity index (χ3v) is 8.44. The number of fused-ring (bicyclic) bond motifs is 1. The number of thiazole rings is 1. The third-order valence-electron chi connectivity index (χ3n) is 5.51. The monoisotopic (exact) mass is 546 g/mol. The number of nitrogens with zero attached hydrogens (tertiary/aromatic N) is 1. The molecule has 0 fully saturated rings. The lowest BCUT2D eigenvalue weighted by Gasteiger charge is -2.19. The van der Waals surface area contributed by atoms with Crippen molar-refractivity contribution in [3.8, 4) is 5.75 Å². The molecule has 1 aromatic heterocycles. The number of anilines is 1. The second-order valence-electron chi connectivity index (χ2n) is 7.84. The Bertz CT molecular complexity index is 1440. The Morgan fingerprint density at radius 3 is 2.31 bits per heavy atom. The van der Waals surface area contributed by atoms with Crippen LogP contribution in [0.4, 0.5) is 5.13 Å². The molecule has 0 aliphatic heterocycles. The highest BCUT2D eigenvalue weighted by Gasteiger charge is 2.25. The van der Waals surface area contributed by atoms with Crippen LogP contribution in [0.2, 0.25) is 5.02 Å². The number of hydrogen-bond acceptors (Lipinski definition) is 8. The van der Waals surface area contributed by atoms with Crippen LogP contribution in [-0.4, -0.2) is 35.3 Å². The number of amides is 1. The van der Waals surface area contributed by atoms with Crippen LogP contribution in [-0.2, 0) is 27.8 Å². The van der Waals surface area contributed by atoms with E-state index < -0.39 is 21.8 Å². The van der Waals surface area contributed by atoms with E-state index in [-0.39, 0.29) is 23.9 Å². The van der Waals surface area contributed by atoms with Crippen LogP contribution in [0.1, 0.15) is 29.7 Å². The Morgan fingerprint density at radius 2 is 1.69 bits per heavy atom. The molecule has 8 nitrogen and oxygen atoms in total. The molecule has 0 radical (unpaired) electrons. The number of aromatic nitrogens is 1. The van der Waals surface area contributed by atoms with E-state index >= 15 is 0 Å². The zero-order valence-electron chi connectivity index (χ0n) is 19.1. The molecule has 3 N–H and O–H groups in total. The number of halogens is 1. The molecule has 11 heteroatoms. The highest BCUT2D eigenvalue weighted by atomic mass is 35.5. The van der Waals surface area contributed by atoms with Crippen molar-refractivity contribution in [3.05, 3.63) is 82.4 Å². The van der Waals surface area contributed by atoms with Crippen molar-refractivity contribution < 1.29 is 28.2 Å². The van der Waals surface area contributed by atoms with Gasteiger partial charge >= 0.3 is 0 Å². The van der Waals surface area contributed by atoms with Gasteiger partial charge in [0, 0.05) is 10.6 Å². The van der Waals surface area contributed by atoms with Crippen molar-refractivity contribution in [3.63, 3.8) is 0 Å². The molecular weight excluding hydrogens is 524 g/mol. The predicted molar refractivity (Wildman–Crippen MR) is 139 cm³/mol. The second kappa shape index (κ2) is 10.9. The van der Waals surface area contributed by atoms with Crippen LogP contribution >= 0.6 is 22.9 Å². The Hall–Kier alpha value is -3.02. The average Bonchev–Trinajstić information content (AvgIpc) is 3.28. The quantitative estimate of drug-likeness (QED) is 0.282. The van der Waals surface area contributed by atoms with Crippen molar-refractivity contribution in [2.75, 3.05) is 11.1 Å². The smallest absolute Gasteiger partial charge is 0.271 e. The highest BCUT2D eigenvalue weighted by Crippen LogP contribution is 2.31. The molecule has 4 rings (SSSR count). The van der Waals surface area contributed by atoms with Crippen molar-refractivity contribution in [1.82, 2.24) is 4.98 Å². The zero-order valence-corrected chi connectivity index (χ0v) is 21.5. The van der Waals surface area contributed by atoms with Gasteiger partial charge in [0.15, 0.2) is 15.0 Å². The first-order chi connectivity index (χ1) is 17.2. The molecule has 0 bridgehead atoms. The molecule has 4 aromatic rings. The largest absolute Gasteiger partial charge is 0.476 e. The zero-order chi connectivity index (χ0) is 25.9. The normalized spacial score (nSPS) is 12.4. The number of nitrogens with one attached hydrogen (secondary N) is 1. The highest BCUT2D eigenvalue weighted by molar-refractivity contribution is 7.91. The summed E-state index contributed by atoms with van der Waals surface area (Å²) in [7, 11) is -3.40. The van der Waals surface area contributed by atoms with Crippen molar-refractivity contribution in [2.45, 2.75) is 31.1 Å². The number of hydrogen-bond donors (Lipinski definition) is 3. The summed E-state index contributed by atoms with van der Waals surface area (Å²) in [5, 5.41) is 22.7. The summed E-state index contributed by atoms with van der Waals surface area (Å²) < 4.78 is 31.1. The fraction of sp³-hybridized carbons (Fsp3) is 0.200. The van der Waals surface area contributed by atoms with Gasteiger partial charge in [-0.3, -0.25) is 10.1 Å². The fourth-order valence-electron chi connectivity index (χ4n) is 3.52. The van der Waals surface area contributed by atoms with Crippen LogP contribution in [0.25, 0.3) is 10.2 Å². The van der Waals surface area contributed by atoms with Crippen LogP contribution in [0.5, 0.6) is 5.75 Å². The molecule has 188 valence electrons. The summed E-state index contributed by atoms with van der Waals surface area (Å²) >= 11 is 7.18. The first-order valence-corrected chi connectivity index (χ1v) is 13.8. The van der Waals surface area contributed by atoms with Gasteiger partial charge in [-0.05, 0) is 59.7 Å². The van der Waals surface area contributed by atoms with E-state index in [2.05, 4.69) is 10.3 Å². The van der Waals surface area contributed by atoms with Crippen LogP contribution in [0.3, 0.4) is 0 Å².